The zero-order valence-corrected chi connectivity index (χ0v) is 6.21. The first-order valence-corrected chi connectivity index (χ1v) is 3.89. The van der Waals surface area contributed by atoms with E-state index in [2.05, 4.69) is 22.9 Å². The molecule has 0 nitrogen and oxygen atoms in total. The van der Waals surface area contributed by atoms with Gasteiger partial charge in [0.05, 0.1) is 0 Å². The van der Waals surface area contributed by atoms with Crippen LogP contribution in [0.25, 0.3) is 0 Å². The van der Waals surface area contributed by atoms with Crippen molar-refractivity contribution in [2.75, 3.05) is 5.33 Å². The first kappa shape index (κ1) is 7.48. The summed E-state index contributed by atoms with van der Waals surface area (Å²) in [6.07, 6.45) is 5.00. The summed E-state index contributed by atoms with van der Waals surface area (Å²) in [5.41, 5.74) is 0. The molecule has 0 saturated carbocycles. The summed E-state index contributed by atoms with van der Waals surface area (Å²) in [5.74, 6) is 0. The molecule has 0 aromatic carbocycles. The Hall–Kier alpha value is 0.480. The van der Waals surface area contributed by atoms with Gasteiger partial charge in [-0.15, -0.1) is 0 Å². The second kappa shape index (κ2) is 6.48. The summed E-state index contributed by atoms with van der Waals surface area (Å²) in [6, 6.07) is 0. The second-order valence-corrected chi connectivity index (χ2v) is 2.40. The molecule has 0 bridgehead atoms. The predicted molar refractivity (Wildman–Crippen MR) is 37.6 cm³/mol. The van der Waals surface area contributed by atoms with Crippen LogP contribution in [-0.2, 0) is 0 Å². The Labute approximate surface area is 54.4 Å². The smallest absolute Gasteiger partial charge is 0.00313 e. The van der Waals surface area contributed by atoms with Crippen molar-refractivity contribution < 1.29 is 0 Å². The van der Waals surface area contributed by atoms with Gasteiger partial charge < -0.3 is 0 Å². The average Bonchev–Trinajstić information content (AvgIpc) is 1.69. The SMILES string of the molecule is [CH2]CCCCCBr. The highest BCUT2D eigenvalue weighted by Crippen LogP contribution is 1.99. The molecule has 0 aromatic rings. The Balaban J connectivity index is 2.45. The van der Waals surface area contributed by atoms with E-state index < -0.39 is 0 Å². The van der Waals surface area contributed by atoms with Crippen LogP contribution in [0.5, 0.6) is 0 Å². The van der Waals surface area contributed by atoms with Crippen LogP contribution in [0.4, 0.5) is 0 Å². The van der Waals surface area contributed by atoms with Gasteiger partial charge in [0.25, 0.3) is 0 Å². The van der Waals surface area contributed by atoms with E-state index in [1.165, 1.54) is 19.3 Å². The zero-order valence-electron chi connectivity index (χ0n) is 4.62. The van der Waals surface area contributed by atoms with Crippen LogP contribution in [0, 0.1) is 6.92 Å². The number of unbranched alkanes of at least 4 members (excludes halogenated alkanes) is 3. The van der Waals surface area contributed by atoms with Gasteiger partial charge in [-0.2, -0.15) is 0 Å². The Kier molecular flexibility index (Phi) is 6.92. The molecule has 0 spiro atoms. The maximum absolute atomic E-state index is 3.74. The predicted octanol–water partition coefficient (Wildman–Crippen LogP) is 2.78. The van der Waals surface area contributed by atoms with E-state index in [1.54, 1.807) is 0 Å². The normalized spacial score (nSPS) is 9.43. The zero-order chi connectivity index (χ0) is 5.54. The number of hydrogen-bond acceptors (Lipinski definition) is 0. The summed E-state index contributed by atoms with van der Waals surface area (Å²) >= 11 is 3.36. The first-order chi connectivity index (χ1) is 3.41. The van der Waals surface area contributed by atoms with E-state index in [0.717, 1.165) is 11.8 Å². The van der Waals surface area contributed by atoms with Crippen molar-refractivity contribution in [2.45, 2.75) is 25.7 Å². The lowest BCUT2D eigenvalue weighted by Gasteiger charge is -1.89. The van der Waals surface area contributed by atoms with E-state index in [1.807, 2.05) is 0 Å². The quantitative estimate of drug-likeness (QED) is 0.442. The minimum Gasteiger partial charge on any atom is -0.0928 e. The molecule has 0 N–H and O–H groups in total. The van der Waals surface area contributed by atoms with Gasteiger partial charge in [0.2, 0.25) is 0 Å². The standard InChI is InChI=1S/C6H12Br/c1-2-3-4-5-6-7/h1-6H2. The van der Waals surface area contributed by atoms with Crippen LogP contribution in [0.2, 0.25) is 0 Å². The Morgan fingerprint density at radius 3 is 2.29 bits per heavy atom. The number of alkyl halides is 1. The van der Waals surface area contributed by atoms with Crippen molar-refractivity contribution in [3.63, 3.8) is 0 Å². The van der Waals surface area contributed by atoms with Crippen LogP contribution >= 0.6 is 15.9 Å². The van der Waals surface area contributed by atoms with Crippen LogP contribution in [0.1, 0.15) is 25.7 Å². The molecule has 1 radical (unpaired) electrons. The molecular weight excluding hydrogens is 152 g/mol. The van der Waals surface area contributed by atoms with Gasteiger partial charge in [-0.3, -0.25) is 0 Å². The van der Waals surface area contributed by atoms with Crippen LogP contribution < -0.4 is 0 Å². The van der Waals surface area contributed by atoms with Crippen molar-refractivity contribution in [3.8, 4) is 0 Å². The number of hydrogen-bond donors (Lipinski definition) is 0. The molecule has 0 amide bonds. The van der Waals surface area contributed by atoms with Crippen molar-refractivity contribution in [3.05, 3.63) is 6.92 Å². The fourth-order valence-corrected chi connectivity index (χ4v) is 0.845. The van der Waals surface area contributed by atoms with Gasteiger partial charge in [-0.1, -0.05) is 42.1 Å². The highest BCUT2D eigenvalue weighted by molar-refractivity contribution is 9.09. The van der Waals surface area contributed by atoms with E-state index in [-0.39, 0.29) is 0 Å². The topological polar surface area (TPSA) is 0 Å². The molecule has 0 aromatic heterocycles. The van der Waals surface area contributed by atoms with Crippen LogP contribution in [-0.4, -0.2) is 5.33 Å². The third kappa shape index (κ3) is 6.48. The summed E-state index contributed by atoms with van der Waals surface area (Å²) in [6.45, 7) is 3.74. The maximum Gasteiger partial charge on any atom is 0.00313 e. The van der Waals surface area contributed by atoms with Crippen molar-refractivity contribution >= 4 is 15.9 Å². The molecule has 43 valence electrons. The van der Waals surface area contributed by atoms with E-state index in [4.69, 9.17) is 0 Å². The maximum atomic E-state index is 3.74. The van der Waals surface area contributed by atoms with Crippen LogP contribution in [0.15, 0.2) is 0 Å². The van der Waals surface area contributed by atoms with Crippen LogP contribution in [0.3, 0.4) is 0 Å². The monoisotopic (exact) mass is 163 g/mol. The summed E-state index contributed by atoms with van der Waals surface area (Å²) in [4.78, 5) is 0. The van der Waals surface area contributed by atoms with Gasteiger partial charge in [-0.25, -0.2) is 0 Å². The van der Waals surface area contributed by atoms with Crippen molar-refractivity contribution in [1.82, 2.24) is 0 Å². The summed E-state index contributed by atoms with van der Waals surface area (Å²) in [5, 5.41) is 1.15. The molecule has 0 atom stereocenters. The number of halogens is 1. The molecule has 0 rings (SSSR count). The molecule has 0 aliphatic heterocycles. The third-order valence-corrected chi connectivity index (χ3v) is 1.44. The Bertz CT molecular complexity index is 23.4. The van der Waals surface area contributed by atoms with Crippen molar-refractivity contribution in [1.29, 1.82) is 0 Å². The van der Waals surface area contributed by atoms with Gasteiger partial charge in [0.15, 0.2) is 0 Å². The first-order valence-electron chi connectivity index (χ1n) is 2.77. The largest absolute Gasteiger partial charge is 0.0928 e. The fraction of sp³-hybridized carbons (Fsp3) is 0.833. The average molecular weight is 164 g/mol. The second-order valence-electron chi connectivity index (χ2n) is 1.60. The molecular formula is C6H12Br. The van der Waals surface area contributed by atoms with Gasteiger partial charge in [0, 0.05) is 5.33 Å². The van der Waals surface area contributed by atoms with Crippen molar-refractivity contribution in [2.24, 2.45) is 0 Å². The van der Waals surface area contributed by atoms with E-state index in [0.29, 0.717) is 0 Å². The molecule has 0 heterocycles. The minimum atomic E-state index is 1.09. The minimum absolute atomic E-state index is 1.09. The molecule has 0 saturated heterocycles. The number of rotatable bonds is 4. The Morgan fingerprint density at radius 2 is 1.86 bits per heavy atom. The molecule has 0 unspecified atom stereocenters. The molecule has 0 aliphatic rings. The van der Waals surface area contributed by atoms with Gasteiger partial charge >= 0.3 is 0 Å². The van der Waals surface area contributed by atoms with Gasteiger partial charge in [-0.05, 0) is 6.42 Å². The van der Waals surface area contributed by atoms with E-state index >= 15 is 0 Å². The Morgan fingerprint density at radius 1 is 1.14 bits per heavy atom. The third-order valence-electron chi connectivity index (χ3n) is 0.884. The molecule has 0 aliphatic carbocycles. The lowest BCUT2D eigenvalue weighted by molar-refractivity contribution is 0.735. The van der Waals surface area contributed by atoms with E-state index in [9.17, 15) is 0 Å². The molecule has 7 heavy (non-hydrogen) atoms. The lowest BCUT2D eigenvalue weighted by atomic mass is 10.2. The molecule has 1 heteroatoms. The molecule has 0 fully saturated rings. The van der Waals surface area contributed by atoms with Gasteiger partial charge in [0.1, 0.15) is 0 Å². The highest BCUT2D eigenvalue weighted by atomic mass is 79.9. The highest BCUT2D eigenvalue weighted by Gasteiger charge is 1.81. The summed E-state index contributed by atoms with van der Waals surface area (Å²) < 4.78 is 0. The summed E-state index contributed by atoms with van der Waals surface area (Å²) in [7, 11) is 0. The lowest BCUT2D eigenvalue weighted by Crippen LogP contribution is -1.74. The fourth-order valence-electron chi connectivity index (χ4n) is 0.448.